The standard InChI is InChI=1S/C18H22N6S5/c1-6-25-12(19-1)17(13-20-2-7-26-13)11-18(17,14-21-3-8-27-14)24(15-22-4-9-28-15)16-23-5-10-29-16/h1-10,12-16,19-23H,11H2. The minimum absolute atomic E-state index is 0.0433. The second-order valence-electron chi connectivity index (χ2n) is 7.42. The summed E-state index contributed by atoms with van der Waals surface area (Å²) in [7, 11) is 0. The van der Waals surface area contributed by atoms with Gasteiger partial charge in [0.25, 0.3) is 0 Å². The van der Waals surface area contributed by atoms with Gasteiger partial charge in [0.15, 0.2) is 0 Å². The Kier molecular flexibility index (Phi) is 4.96. The summed E-state index contributed by atoms with van der Waals surface area (Å²) in [4.78, 5) is 2.70. The van der Waals surface area contributed by atoms with Gasteiger partial charge >= 0.3 is 0 Å². The molecule has 0 aromatic carbocycles. The van der Waals surface area contributed by atoms with Gasteiger partial charge < -0.3 is 26.6 Å². The molecule has 0 spiro atoms. The molecule has 0 saturated heterocycles. The average Bonchev–Trinajstić information content (AvgIpc) is 3.51. The second-order valence-corrected chi connectivity index (χ2v) is 12.4. The lowest BCUT2D eigenvalue weighted by molar-refractivity contribution is 0.0819. The van der Waals surface area contributed by atoms with Crippen LogP contribution in [-0.4, -0.2) is 37.6 Å². The maximum absolute atomic E-state index is 3.70. The molecule has 1 aliphatic carbocycles. The molecule has 5 aliphatic heterocycles. The molecule has 0 aromatic heterocycles. The third kappa shape index (κ3) is 2.81. The van der Waals surface area contributed by atoms with Gasteiger partial charge in [-0.05, 0) is 33.5 Å². The van der Waals surface area contributed by atoms with Gasteiger partial charge in [0.2, 0.25) is 0 Å². The van der Waals surface area contributed by atoms with Crippen molar-refractivity contribution in [3.05, 3.63) is 58.0 Å². The van der Waals surface area contributed by atoms with Gasteiger partial charge in [-0.25, -0.2) is 4.90 Å². The van der Waals surface area contributed by atoms with E-state index >= 15 is 0 Å². The summed E-state index contributed by atoms with van der Waals surface area (Å²) in [6.45, 7) is 0. The van der Waals surface area contributed by atoms with Gasteiger partial charge in [-0.3, -0.25) is 0 Å². The molecule has 0 aromatic rings. The molecular weight excluding hydrogens is 461 g/mol. The highest BCUT2D eigenvalue weighted by Crippen LogP contribution is 2.72. The number of hydrogen-bond acceptors (Lipinski definition) is 11. The number of nitrogens with one attached hydrogen (secondary N) is 5. The Morgan fingerprint density at radius 3 is 1.45 bits per heavy atom. The first-order chi connectivity index (χ1) is 14.4. The molecular formula is C18H22N6S5. The summed E-state index contributed by atoms with van der Waals surface area (Å²) in [5.41, 5.74) is 0.385. The van der Waals surface area contributed by atoms with Crippen molar-refractivity contribution in [2.24, 2.45) is 5.41 Å². The van der Waals surface area contributed by atoms with Crippen LogP contribution >= 0.6 is 58.8 Å². The molecule has 6 atom stereocenters. The molecule has 6 unspecified atom stereocenters. The van der Waals surface area contributed by atoms with Crippen LogP contribution in [0.1, 0.15) is 6.42 Å². The molecule has 0 bridgehead atoms. The lowest BCUT2D eigenvalue weighted by Crippen LogP contribution is -2.65. The Labute approximate surface area is 192 Å². The van der Waals surface area contributed by atoms with E-state index in [-0.39, 0.29) is 21.9 Å². The van der Waals surface area contributed by atoms with Crippen molar-refractivity contribution < 1.29 is 0 Å². The van der Waals surface area contributed by atoms with E-state index in [1.807, 2.05) is 58.8 Å². The van der Waals surface area contributed by atoms with Crippen molar-refractivity contribution in [2.75, 3.05) is 0 Å². The van der Waals surface area contributed by atoms with Gasteiger partial charge in [-0.1, -0.05) is 23.5 Å². The molecule has 5 N–H and O–H groups in total. The van der Waals surface area contributed by atoms with Crippen molar-refractivity contribution in [3.63, 3.8) is 0 Å². The summed E-state index contributed by atoms with van der Waals surface area (Å²) in [6, 6.07) is 0. The second kappa shape index (κ2) is 7.52. The van der Waals surface area contributed by atoms with Crippen LogP contribution in [0.3, 0.4) is 0 Å². The fourth-order valence-electron chi connectivity index (χ4n) is 5.01. The Morgan fingerprint density at radius 1 is 0.586 bits per heavy atom. The topological polar surface area (TPSA) is 63.4 Å². The predicted molar refractivity (Wildman–Crippen MR) is 130 cm³/mol. The maximum atomic E-state index is 3.70. The SMILES string of the molecule is C1=CSC(N(C2NC=CS2)C2(C3NC=CS3)CC2(C2NC=CS2)C2NC=CS2)N1. The van der Waals surface area contributed by atoms with Crippen LogP contribution in [0.2, 0.25) is 0 Å². The molecule has 11 heteroatoms. The van der Waals surface area contributed by atoms with Crippen molar-refractivity contribution in [1.29, 1.82) is 0 Å². The van der Waals surface area contributed by atoms with Crippen molar-refractivity contribution in [3.8, 4) is 0 Å². The van der Waals surface area contributed by atoms with Crippen molar-refractivity contribution in [1.82, 2.24) is 31.5 Å². The molecule has 6 nitrogen and oxygen atoms in total. The largest absolute Gasteiger partial charge is 0.378 e. The molecule has 0 radical (unpaired) electrons. The van der Waals surface area contributed by atoms with E-state index in [0.29, 0.717) is 16.1 Å². The van der Waals surface area contributed by atoms with Gasteiger partial charge in [0.1, 0.15) is 11.0 Å². The van der Waals surface area contributed by atoms with E-state index < -0.39 is 0 Å². The van der Waals surface area contributed by atoms with Crippen LogP contribution in [0.15, 0.2) is 58.0 Å². The van der Waals surface area contributed by atoms with Crippen LogP contribution in [0.25, 0.3) is 0 Å². The van der Waals surface area contributed by atoms with Crippen LogP contribution < -0.4 is 26.6 Å². The molecule has 1 fully saturated rings. The summed E-state index contributed by atoms with van der Waals surface area (Å²) in [5, 5.41) is 30.2. The fourth-order valence-corrected chi connectivity index (χ4v) is 10.4. The highest BCUT2D eigenvalue weighted by molar-refractivity contribution is 8.04. The normalized spacial score (nSPS) is 46.0. The van der Waals surface area contributed by atoms with E-state index in [4.69, 9.17) is 0 Å². The van der Waals surface area contributed by atoms with Crippen LogP contribution in [0.4, 0.5) is 0 Å². The molecule has 6 aliphatic rings. The van der Waals surface area contributed by atoms with E-state index in [9.17, 15) is 0 Å². The smallest absolute Gasteiger partial charge is 0.134 e. The molecule has 1 saturated carbocycles. The molecule has 154 valence electrons. The van der Waals surface area contributed by atoms with Crippen LogP contribution in [0.5, 0.6) is 0 Å². The summed E-state index contributed by atoms with van der Waals surface area (Å²) >= 11 is 9.47. The van der Waals surface area contributed by atoms with Crippen molar-refractivity contribution in [2.45, 2.75) is 39.1 Å². The lowest BCUT2D eigenvalue weighted by Gasteiger charge is -2.47. The third-order valence-electron chi connectivity index (χ3n) is 6.20. The Hall–Kier alpha value is -0.590. The molecule has 5 heterocycles. The highest BCUT2D eigenvalue weighted by Gasteiger charge is 2.81. The first kappa shape index (κ1) is 19.1. The van der Waals surface area contributed by atoms with E-state index in [0.717, 1.165) is 6.42 Å². The van der Waals surface area contributed by atoms with Gasteiger partial charge in [-0.2, -0.15) is 0 Å². The summed E-state index contributed by atoms with van der Waals surface area (Å²) in [6.07, 6.45) is 11.6. The number of thioether (sulfide) groups is 5. The summed E-state index contributed by atoms with van der Waals surface area (Å²) < 4.78 is 0. The monoisotopic (exact) mass is 482 g/mol. The lowest BCUT2D eigenvalue weighted by atomic mass is 9.96. The Morgan fingerprint density at radius 2 is 1.03 bits per heavy atom. The third-order valence-corrected chi connectivity index (χ3v) is 11.4. The molecule has 0 amide bonds. The molecule has 29 heavy (non-hydrogen) atoms. The number of nitrogens with zero attached hydrogens (tertiary/aromatic N) is 1. The van der Waals surface area contributed by atoms with Gasteiger partial charge in [0.05, 0.1) is 27.1 Å². The summed E-state index contributed by atoms with van der Waals surface area (Å²) in [5.74, 6) is 0. The van der Waals surface area contributed by atoms with E-state index in [1.54, 1.807) is 0 Å². The van der Waals surface area contributed by atoms with Gasteiger partial charge in [-0.15, -0.1) is 35.3 Å². The van der Waals surface area contributed by atoms with Crippen LogP contribution in [0, 0.1) is 5.41 Å². The zero-order valence-electron chi connectivity index (χ0n) is 15.4. The Balaban J connectivity index is 1.44. The minimum Gasteiger partial charge on any atom is -0.378 e. The minimum atomic E-state index is -0.0537. The average molecular weight is 483 g/mol. The first-order valence-electron chi connectivity index (χ1n) is 9.47. The Bertz CT molecular complexity index is 731. The quantitative estimate of drug-likeness (QED) is 0.388. The predicted octanol–water partition coefficient (Wildman–Crippen LogP) is 3.00. The first-order valence-corrected chi connectivity index (χ1v) is 14.2. The van der Waals surface area contributed by atoms with Crippen molar-refractivity contribution >= 4 is 58.8 Å². The maximum Gasteiger partial charge on any atom is 0.134 e. The van der Waals surface area contributed by atoms with Gasteiger partial charge in [0, 0.05) is 31.0 Å². The fraction of sp³-hybridized carbons (Fsp3) is 0.444. The highest BCUT2D eigenvalue weighted by atomic mass is 32.2. The number of hydrogen-bond donors (Lipinski definition) is 5. The number of rotatable bonds is 6. The zero-order chi connectivity index (χ0) is 19.3. The zero-order valence-corrected chi connectivity index (χ0v) is 19.4. The van der Waals surface area contributed by atoms with Crippen LogP contribution in [-0.2, 0) is 0 Å². The molecule has 6 rings (SSSR count). The van der Waals surface area contributed by atoms with E-state index in [1.165, 1.54) is 0 Å². The van der Waals surface area contributed by atoms with E-state index in [2.05, 4.69) is 89.5 Å².